The van der Waals surface area contributed by atoms with Crippen molar-refractivity contribution in [3.63, 3.8) is 0 Å². The van der Waals surface area contributed by atoms with Crippen molar-refractivity contribution in [3.05, 3.63) is 53.5 Å². The number of hydrogen-bond donors (Lipinski definition) is 1. The molecule has 150 valence electrons. The molecule has 1 aliphatic heterocycles. The Morgan fingerprint density at radius 2 is 1.86 bits per heavy atom. The van der Waals surface area contributed by atoms with E-state index in [1.54, 1.807) is 7.11 Å². The predicted molar refractivity (Wildman–Crippen MR) is 112 cm³/mol. The average molecular weight is 381 g/mol. The number of piperidine rings is 1. The first-order valence-corrected chi connectivity index (χ1v) is 10.6. The highest BCUT2D eigenvalue weighted by Gasteiger charge is 2.30. The molecule has 0 bridgehead atoms. The highest BCUT2D eigenvalue weighted by Crippen LogP contribution is 2.36. The minimum atomic E-state index is 0.328. The van der Waals surface area contributed by atoms with E-state index in [9.17, 15) is 0 Å². The third kappa shape index (κ3) is 4.70. The number of benzene rings is 1. The maximum atomic E-state index is 5.99. The molecule has 2 heterocycles. The summed E-state index contributed by atoms with van der Waals surface area (Å²) < 4.78 is 5.30. The van der Waals surface area contributed by atoms with E-state index in [0.29, 0.717) is 18.6 Å². The van der Waals surface area contributed by atoms with Crippen molar-refractivity contribution in [1.29, 1.82) is 0 Å². The zero-order valence-corrected chi connectivity index (χ0v) is 16.9. The van der Waals surface area contributed by atoms with Gasteiger partial charge in [-0.1, -0.05) is 30.3 Å². The summed E-state index contributed by atoms with van der Waals surface area (Å²) in [6.45, 7) is 2.62. The maximum absolute atomic E-state index is 5.99. The van der Waals surface area contributed by atoms with Gasteiger partial charge in [-0.25, -0.2) is 9.97 Å². The van der Waals surface area contributed by atoms with Gasteiger partial charge in [-0.05, 0) is 50.0 Å². The third-order valence-corrected chi connectivity index (χ3v) is 6.27. The van der Waals surface area contributed by atoms with Crippen LogP contribution >= 0.6 is 0 Å². The second-order valence-corrected chi connectivity index (χ2v) is 8.38. The number of aromatic nitrogens is 2. The zero-order valence-electron chi connectivity index (χ0n) is 16.9. The predicted octanol–water partition coefficient (Wildman–Crippen LogP) is 3.68. The van der Waals surface area contributed by atoms with Crippen LogP contribution in [-0.4, -0.2) is 36.2 Å². The lowest BCUT2D eigenvalue weighted by Gasteiger charge is -2.35. The van der Waals surface area contributed by atoms with E-state index in [4.69, 9.17) is 20.4 Å². The SMILES string of the molecule is COCc1nc(C2CC(N)C2)cc(N2CCC(CCc3ccccc3)CC2)n1. The van der Waals surface area contributed by atoms with Crippen LogP contribution in [0.5, 0.6) is 0 Å². The molecule has 2 N–H and O–H groups in total. The molecule has 1 aromatic heterocycles. The summed E-state index contributed by atoms with van der Waals surface area (Å²) in [5, 5.41) is 0. The molecule has 1 aromatic carbocycles. The number of aryl methyl sites for hydroxylation is 1. The van der Waals surface area contributed by atoms with Gasteiger partial charge < -0.3 is 15.4 Å². The molecule has 1 saturated carbocycles. The maximum Gasteiger partial charge on any atom is 0.156 e. The summed E-state index contributed by atoms with van der Waals surface area (Å²) >= 11 is 0. The van der Waals surface area contributed by atoms with E-state index in [2.05, 4.69) is 41.3 Å². The van der Waals surface area contributed by atoms with E-state index in [1.807, 2.05) is 0 Å². The first-order chi connectivity index (χ1) is 13.7. The molecule has 0 radical (unpaired) electrons. The van der Waals surface area contributed by atoms with Crippen LogP contribution in [0.3, 0.4) is 0 Å². The molecule has 2 fully saturated rings. The van der Waals surface area contributed by atoms with Gasteiger partial charge in [-0.3, -0.25) is 0 Å². The fraction of sp³-hybridized carbons (Fsp3) is 0.565. The van der Waals surface area contributed by atoms with E-state index in [1.165, 1.54) is 31.2 Å². The minimum Gasteiger partial charge on any atom is -0.377 e. The van der Waals surface area contributed by atoms with Gasteiger partial charge in [-0.2, -0.15) is 0 Å². The summed E-state index contributed by atoms with van der Waals surface area (Å²) in [6, 6.07) is 13.4. The fourth-order valence-corrected chi connectivity index (χ4v) is 4.44. The van der Waals surface area contributed by atoms with Crippen LogP contribution in [0.25, 0.3) is 0 Å². The Hall–Kier alpha value is -1.98. The molecule has 2 aromatic rings. The normalized spacial score (nSPS) is 22.9. The van der Waals surface area contributed by atoms with E-state index < -0.39 is 0 Å². The molecule has 1 aliphatic carbocycles. The average Bonchev–Trinajstić information content (AvgIpc) is 2.71. The van der Waals surface area contributed by atoms with Gasteiger partial charge in [0.2, 0.25) is 0 Å². The summed E-state index contributed by atoms with van der Waals surface area (Å²) in [7, 11) is 1.70. The number of hydrogen-bond acceptors (Lipinski definition) is 5. The van der Waals surface area contributed by atoms with Crippen LogP contribution in [-0.2, 0) is 17.8 Å². The summed E-state index contributed by atoms with van der Waals surface area (Å²) in [4.78, 5) is 12.0. The molecule has 0 unspecified atom stereocenters. The van der Waals surface area contributed by atoms with Crippen LogP contribution in [0, 0.1) is 5.92 Å². The molecular weight excluding hydrogens is 348 g/mol. The lowest BCUT2D eigenvalue weighted by molar-refractivity contribution is 0.177. The van der Waals surface area contributed by atoms with Gasteiger partial charge in [0.05, 0.1) is 0 Å². The first kappa shape index (κ1) is 19.3. The Morgan fingerprint density at radius 3 is 2.54 bits per heavy atom. The molecule has 0 spiro atoms. The van der Waals surface area contributed by atoms with Gasteiger partial charge in [0.15, 0.2) is 5.82 Å². The quantitative estimate of drug-likeness (QED) is 0.794. The van der Waals surface area contributed by atoms with Crippen LogP contribution in [0.15, 0.2) is 36.4 Å². The fourth-order valence-electron chi connectivity index (χ4n) is 4.44. The van der Waals surface area contributed by atoms with Crippen molar-refractivity contribution in [1.82, 2.24) is 9.97 Å². The Kier molecular flexibility index (Phi) is 6.23. The lowest BCUT2D eigenvalue weighted by Crippen LogP contribution is -2.37. The summed E-state index contributed by atoms with van der Waals surface area (Å²) in [6.07, 6.45) is 7.00. The van der Waals surface area contributed by atoms with Gasteiger partial charge in [-0.15, -0.1) is 0 Å². The molecule has 1 saturated heterocycles. The highest BCUT2D eigenvalue weighted by atomic mass is 16.5. The molecule has 4 rings (SSSR count). The molecule has 0 amide bonds. The van der Waals surface area contributed by atoms with Crippen LogP contribution in [0.1, 0.15) is 55.1 Å². The number of anilines is 1. The van der Waals surface area contributed by atoms with Crippen molar-refractivity contribution in [2.45, 2.75) is 57.1 Å². The Balaban J connectivity index is 1.36. The number of ether oxygens (including phenoxy) is 1. The van der Waals surface area contributed by atoms with Gasteiger partial charge >= 0.3 is 0 Å². The van der Waals surface area contributed by atoms with Gasteiger partial charge in [0.1, 0.15) is 12.4 Å². The van der Waals surface area contributed by atoms with Crippen molar-refractivity contribution in [2.75, 3.05) is 25.1 Å². The first-order valence-electron chi connectivity index (χ1n) is 10.6. The lowest BCUT2D eigenvalue weighted by atomic mass is 9.78. The monoisotopic (exact) mass is 380 g/mol. The van der Waals surface area contributed by atoms with Crippen molar-refractivity contribution in [3.8, 4) is 0 Å². The van der Waals surface area contributed by atoms with E-state index in [0.717, 1.165) is 49.2 Å². The zero-order chi connectivity index (χ0) is 19.3. The van der Waals surface area contributed by atoms with E-state index in [-0.39, 0.29) is 0 Å². The van der Waals surface area contributed by atoms with Gasteiger partial charge in [0.25, 0.3) is 0 Å². The number of methoxy groups -OCH3 is 1. The molecule has 0 atom stereocenters. The van der Waals surface area contributed by atoms with Gasteiger partial charge in [0, 0.05) is 43.9 Å². The molecule has 2 aliphatic rings. The van der Waals surface area contributed by atoms with Crippen molar-refractivity contribution < 1.29 is 4.74 Å². The standard InChI is InChI=1S/C23H32N4O/c1-28-16-22-25-21(19-13-20(24)14-19)15-23(26-22)27-11-9-18(10-12-27)8-7-17-5-3-2-4-6-17/h2-6,15,18-20H,7-14,16,24H2,1H3. The topological polar surface area (TPSA) is 64.3 Å². The van der Waals surface area contributed by atoms with E-state index >= 15 is 0 Å². The number of nitrogens with two attached hydrogens (primary N) is 1. The second-order valence-electron chi connectivity index (χ2n) is 8.38. The third-order valence-electron chi connectivity index (χ3n) is 6.27. The summed E-state index contributed by atoms with van der Waals surface area (Å²) in [5.74, 6) is 3.15. The molecule has 5 heteroatoms. The Labute approximate surface area is 168 Å². The van der Waals surface area contributed by atoms with Crippen LogP contribution < -0.4 is 10.6 Å². The summed E-state index contributed by atoms with van der Waals surface area (Å²) in [5.41, 5.74) is 8.59. The van der Waals surface area contributed by atoms with Crippen LogP contribution in [0.4, 0.5) is 5.82 Å². The number of nitrogens with zero attached hydrogens (tertiary/aromatic N) is 3. The Bertz CT molecular complexity index is 752. The van der Waals surface area contributed by atoms with Crippen molar-refractivity contribution in [2.24, 2.45) is 11.7 Å². The molecular formula is C23H32N4O. The minimum absolute atomic E-state index is 0.328. The largest absolute Gasteiger partial charge is 0.377 e. The van der Waals surface area contributed by atoms with Crippen molar-refractivity contribution >= 4 is 5.82 Å². The molecule has 5 nitrogen and oxygen atoms in total. The smallest absolute Gasteiger partial charge is 0.156 e. The van der Waals surface area contributed by atoms with Crippen LogP contribution in [0.2, 0.25) is 0 Å². The molecule has 28 heavy (non-hydrogen) atoms. The second kappa shape index (κ2) is 9.01. The number of rotatable bonds is 7. The Morgan fingerprint density at radius 1 is 1.11 bits per heavy atom. The highest BCUT2D eigenvalue weighted by molar-refractivity contribution is 5.41.